The third kappa shape index (κ3) is 2.49. The molecule has 1 aliphatic rings. The van der Waals surface area contributed by atoms with Gasteiger partial charge in [0.1, 0.15) is 11.4 Å². The molecule has 0 saturated carbocycles. The second-order valence-corrected chi connectivity index (χ2v) is 9.46. The number of nitro groups is 1. The van der Waals surface area contributed by atoms with E-state index in [0.717, 1.165) is 57.6 Å². The van der Waals surface area contributed by atoms with Gasteiger partial charge in [-0.05, 0) is 54.4 Å². The largest absolute Gasteiger partial charge is 0.463 e. The molecular formula is C26H23N3O3. The fourth-order valence-corrected chi connectivity index (χ4v) is 5.49. The molecule has 3 aromatic carbocycles. The Morgan fingerprint density at radius 1 is 1.16 bits per heavy atom. The van der Waals surface area contributed by atoms with Crippen LogP contribution in [0.1, 0.15) is 43.4 Å². The summed E-state index contributed by atoms with van der Waals surface area (Å²) in [6.07, 6.45) is 5.04. The van der Waals surface area contributed by atoms with Crippen LogP contribution < -0.4 is 0 Å². The highest BCUT2D eigenvalue weighted by molar-refractivity contribution is 6.24. The molecule has 0 unspecified atom stereocenters. The normalized spacial score (nSPS) is 15.5. The minimum atomic E-state index is -0.357. The maximum Gasteiger partial charge on any atom is 0.280 e. The van der Waals surface area contributed by atoms with Crippen molar-refractivity contribution in [1.29, 1.82) is 0 Å². The minimum Gasteiger partial charge on any atom is -0.463 e. The Kier molecular flexibility index (Phi) is 3.82. The zero-order chi connectivity index (χ0) is 22.2. The van der Waals surface area contributed by atoms with Crippen LogP contribution in [-0.2, 0) is 11.8 Å². The van der Waals surface area contributed by atoms with Crippen molar-refractivity contribution in [3.63, 3.8) is 0 Å². The van der Waals surface area contributed by atoms with Gasteiger partial charge in [-0.1, -0.05) is 38.1 Å². The summed E-state index contributed by atoms with van der Waals surface area (Å²) in [6.45, 7) is 6.61. The van der Waals surface area contributed by atoms with E-state index in [1.165, 1.54) is 17.2 Å². The highest BCUT2D eigenvalue weighted by Crippen LogP contribution is 2.45. The lowest BCUT2D eigenvalue weighted by molar-refractivity contribution is -0.384. The summed E-state index contributed by atoms with van der Waals surface area (Å²) in [7, 11) is 0. The van der Waals surface area contributed by atoms with E-state index >= 15 is 0 Å². The number of nitrogens with one attached hydrogen (secondary N) is 1. The molecule has 0 bridgehead atoms. The first kappa shape index (κ1) is 19.0. The standard InChI is InChI=1S/C26H23N3O3/c1-14-13-32-24-17-10-11-18-15(8-6-12-26(18,2)3)21(17)23-22(20(14)24)27-25(28-23)16-7-4-5-9-19(16)29(30)31/h4-5,7,9-11,13H,6,8,12H2,1-3H3,(H,27,28). The second-order valence-electron chi connectivity index (χ2n) is 9.46. The Morgan fingerprint density at radius 2 is 1.97 bits per heavy atom. The third-order valence-electron chi connectivity index (χ3n) is 7.04. The van der Waals surface area contributed by atoms with Gasteiger partial charge in [-0.25, -0.2) is 4.98 Å². The fraction of sp³-hybridized carbons (Fsp3) is 0.269. The van der Waals surface area contributed by atoms with Gasteiger partial charge in [-0.2, -0.15) is 0 Å². The van der Waals surface area contributed by atoms with Gasteiger partial charge in [0.25, 0.3) is 5.69 Å². The molecule has 0 radical (unpaired) electrons. The molecule has 1 aliphatic carbocycles. The highest BCUT2D eigenvalue weighted by Gasteiger charge is 2.31. The van der Waals surface area contributed by atoms with Crippen molar-refractivity contribution in [1.82, 2.24) is 9.97 Å². The van der Waals surface area contributed by atoms with Gasteiger partial charge in [0.05, 0.1) is 27.8 Å². The smallest absolute Gasteiger partial charge is 0.280 e. The van der Waals surface area contributed by atoms with Crippen LogP contribution in [0, 0.1) is 17.0 Å². The highest BCUT2D eigenvalue weighted by atomic mass is 16.6. The summed E-state index contributed by atoms with van der Waals surface area (Å²) in [5.41, 5.74) is 6.90. The molecule has 5 aromatic rings. The van der Waals surface area contributed by atoms with Crippen molar-refractivity contribution < 1.29 is 9.34 Å². The van der Waals surface area contributed by atoms with Crippen LogP contribution in [0.4, 0.5) is 5.69 Å². The van der Waals surface area contributed by atoms with E-state index in [9.17, 15) is 10.1 Å². The van der Waals surface area contributed by atoms with E-state index in [2.05, 4.69) is 31.0 Å². The van der Waals surface area contributed by atoms with Gasteiger partial charge in [0.2, 0.25) is 0 Å². The van der Waals surface area contributed by atoms with Gasteiger partial charge in [0, 0.05) is 22.2 Å². The first-order chi connectivity index (χ1) is 15.4. The third-order valence-corrected chi connectivity index (χ3v) is 7.04. The molecule has 32 heavy (non-hydrogen) atoms. The Morgan fingerprint density at radius 3 is 2.78 bits per heavy atom. The van der Waals surface area contributed by atoms with E-state index in [1.54, 1.807) is 24.5 Å². The Balaban J connectivity index is 1.79. The summed E-state index contributed by atoms with van der Waals surface area (Å²) in [5.74, 6) is 0.509. The molecule has 6 heteroatoms. The predicted octanol–water partition coefficient (Wildman–Crippen LogP) is 6.96. The number of hydrogen-bond acceptors (Lipinski definition) is 4. The SMILES string of the molecule is Cc1coc2c3ccc4c(c3c3nc(-c5ccccc5[N+](=O)[O-])[nH]c3c12)CCCC4(C)C. The fourth-order valence-electron chi connectivity index (χ4n) is 5.49. The maximum absolute atomic E-state index is 11.7. The van der Waals surface area contributed by atoms with Crippen molar-refractivity contribution in [2.24, 2.45) is 0 Å². The number of imidazole rings is 1. The average Bonchev–Trinajstić information content (AvgIpc) is 3.37. The number of nitrogens with zero attached hydrogens (tertiary/aromatic N) is 2. The zero-order valence-electron chi connectivity index (χ0n) is 18.3. The first-order valence-corrected chi connectivity index (χ1v) is 11.0. The molecule has 0 amide bonds. The van der Waals surface area contributed by atoms with E-state index in [0.29, 0.717) is 11.4 Å². The lowest BCUT2D eigenvalue weighted by atomic mass is 9.71. The number of furan rings is 1. The monoisotopic (exact) mass is 425 g/mol. The Hall–Kier alpha value is -3.67. The van der Waals surface area contributed by atoms with Gasteiger partial charge in [-0.15, -0.1) is 0 Å². The number of nitro benzene ring substituents is 1. The second kappa shape index (κ2) is 6.42. The van der Waals surface area contributed by atoms with Crippen molar-refractivity contribution in [2.45, 2.75) is 45.4 Å². The van der Waals surface area contributed by atoms with Crippen molar-refractivity contribution in [3.8, 4) is 11.4 Å². The number of aromatic amines is 1. The number of aryl methyl sites for hydroxylation is 2. The number of para-hydroxylation sites is 1. The van der Waals surface area contributed by atoms with E-state index in [-0.39, 0.29) is 16.0 Å². The quantitative estimate of drug-likeness (QED) is 0.245. The lowest BCUT2D eigenvalue weighted by Gasteiger charge is -2.33. The molecule has 0 spiro atoms. The number of hydrogen-bond donors (Lipinski definition) is 1. The number of benzene rings is 3. The van der Waals surface area contributed by atoms with Crippen molar-refractivity contribution >= 4 is 38.5 Å². The van der Waals surface area contributed by atoms with Crippen LogP contribution in [0.5, 0.6) is 0 Å². The molecule has 2 heterocycles. The van der Waals surface area contributed by atoms with Crippen LogP contribution in [-0.4, -0.2) is 14.9 Å². The molecule has 0 fully saturated rings. The zero-order valence-corrected chi connectivity index (χ0v) is 18.3. The van der Waals surface area contributed by atoms with E-state index in [4.69, 9.17) is 9.40 Å². The van der Waals surface area contributed by atoms with Gasteiger partial charge < -0.3 is 9.40 Å². The van der Waals surface area contributed by atoms with Gasteiger partial charge in [0.15, 0.2) is 0 Å². The molecule has 0 saturated heterocycles. The molecule has 160 valence electrons. The average molecular weight is 425 g/mol. The molecule has 1 N–H and O–H groups in total. The van der Waals surface area contributed by atoms with Crippen LogP contribution in [0.15, 0.2) is 47.1 Å². The first-order valence-electron chi connectivity index (χ1n) is 11.0. The Bertz CT molecular complexity index is 1570. The summed E-state index contributed by atoms with van der Waals surface area (Å²) in [4.78, 5) is 19.7. The summed E-state index contributed by atoms with van der Waals surface area (Å²) >= 11 is 0. The van der Waals surface area contributed by atoms with Crippen molar-refractivity contribution in [2.75, 3.05) is 0 Å². The van der Waals surface area contributed by atoms with Crippen LogP contribution in [0.25, 0.3) is 44.2 Å². The maximum atomic E-state index is 11.7. The molecular weight excluding hydrogens is 402 g/mol. The van der Waals surface area contributed by atoms with E-state index in [1.807, 2.05) is 6.92 Å². The van der Waals surface area contributed by atoms with E-state index < -0.39 is 0 Å². The predicted molar refractivity (Wildman–Crippen MR) is 126 cm³/mol. The number of fused-ring (bicyclic) bond motifs is 8. The summed E-state index contributed by atoms with van der Waals surface area (Å²) < 4.78 is 6.03. The molecule has 0 atom stereocenters. The van der Waals surface area contributed by atoms with Crippen LogP contribution >= 0.6 is 0 Å². The number of aromatic nitrogens is 2. The molecule has 2 aromatic heterocycles. The number of H-pyrrole nitrogens is 1. The van der Waals surface area contributed by atoms with Gasteiger partial charge >= 0.3 is 0 Å². The Labute approximate surface area is 184 Å². The summed E-state index contributed by atoms with van der Waals surface area (Å²) in [5, 5.41) is 14.8. The van der Waals surface area contributed by atoms with Crippen molar-refractivity contribution in [3.05, 3.63) is 69.5 Å². The molecule has 6 nitrogen and oxygen atoms in total. The van der Waals surface area contributed by atoms with Crippen LogP contribution in [0.2, 0.25) is 0 Å². The number of rotatable bonds is 2. The van der Waals surface area contributed by atoms with Crippen LogP contribution in [0.3, 0.4) is 0 Å². The lowest BCUT2D eigenvalue weighted by Crippen LogP contribution is -2.23. The minimum absolute atomic E-state index is 0.0409. The topological polar surface area (TPSA) is 85.0 Å². The molecule has 6 rings (SSSR count). The molecule has 0 aliphatic heterocycles. The van der Waals surface area contributed by atoms with Gasteiger partial charge in [-0.3, -0.25) is 10.1 Å². The summed E-state index contributed by atoms with van der Waals surface area (Å²) in [6, 6.07) is 11.1.